The first kappa shape index (κ1) is 16.5. The summed E-state index contributed by atoms with van der Waals surface area (Å²) < 4.78 is 13.4. The van der Waals surface area contributed by atoms with Gasteiger partial charge < -0.3 is 15.7 Å². The molecule has 5 nitrogen and oxygen atoms in total. The van der Waals surface area contributed by atoms with E-state index in [-0.39, 0.29) is 30.0 Å². The van der Waals surface area contributed by atoms with E-state index in [9.17, 15) is 19.1 Å². The van der Waals surface area contributed by atoms with Crippen molar-refractivity contribution >= 4 is 11.8 Å². The zero-order valence-electron chi connectivity index (χ0n) is 12.6. The lowest BCUT2D eigenvalue weighted by Crippen LogP contribution is -2.34. The predicted octanol–water partition coefficient (Wildman–Crippen LogP) is 2.00. The van der Waals surface area contributed by atoms with Crippen LogP contribution >= 0.6 is 0 Å². The van der Waals surface area contributed by atoms with Crippen molar-refractivity contribution in [3.63, 3.8) is 0 Å². The van der Waals surface area contributed by atoms with Gasteiger partial charge in [-0.1, -0.05) is 18.2 Å². The summed E-state index contributed by atoms with van der Waals surface area (Å²) in [7, 11) is 0. The molecular formula is C17H17FN2O3. The predicted molar refractivity (Wildman–Crippen MR) is 83.9 cm³/mol. The molecule has 0 saturated carbocycles. The van der Waals surface area contributed by atoms with Gasteiger partial charge in [-0.05, 0) is 36.8 Å². The molecule has 0 atom stereocenters. The number of phenols is 1. The molecule has 0 heterocycles. The Balaban J connectivity index is 1.81. The maximum absolute atomic E-state index is 13.4. The Morgan fingerprint density at radius 3 is 2.35 bits per heavy atom. The summed E-state index contributed by atoms with van der Waals surface area (Å²) in [5.74, 6) is -1.39. The number of aryl methyl sites for hydroxylation is 1. The summed E-state index contributed by atoms with van der Waals surface area (Å²) in [4.78, 5) is 23.7. The molecule has 0 aliphatic rings. The van der Waals surface area contributed by atoms with Crippen LogP contribution < -0.4 is 10.6 Å². The van der Waals surface area contributed by atoms with E-state index in [2.05, 4.69) is 10.6 Å². The summed E-state index contributed by atoms with van der Waals surface area (Å²) in [6.45, 7) is 1.99. The Hall–Kier alpha value is -2.89. The van der Waals surface area contributed by atoms with Gasteiger partial charge in [0.05, 0.1) is 5.56 Å². The molecule has 0 bridgehead atoms. The highest BCUT2D eigenvalue weighted by Crippen LogP contribution is 2.14. The van der Waals surface area contributed by atoms with Gasteiger partial charge in [-0.2, -0.15) is 0 Å². The minimum atomic E-state index is -0.439. The van der Waals surface area contributed by atoms with Crippen LogP contribution in [0.4, 0.5) is 4.39 Å². The number of halogens is 1. The van der Waals surface area contributed by atoms with Crippen LogP contribution in [-0.2, 0) is 0 Å². The summed E-state index contributed by atoms with van der Waals surface area (Å²) in [5.41, 5.74) is 0.857. The lowest BCUT2D eigenvalue weighted by atomic mass is 10.1. The van der Waals surface area contributed by atoms with Gasteiger partial charge in [0.1, 0.15) is 11.6 Å². The van der Waals surface area contributed by atoms with Crippen molar-refractivity contribution in [1.82, 2.24) is 10.6 Å². The number of amides is 2. The van der Waals surface area contributed by atoms with E-state index in [0.29, 0.717) is 5.56 Å². The summed E-state index contributed by atoms with van der Waals surface area (Å²) in [5, 5.41) is 14.7. The molecule has 0 spiro atoms. The maximum Gasteiger partial charge on any atom is 0.255 e. The average molecular weight is 316 g/mol. The molecule has 0 radical (unpaired) electrons. The highest BCUT2D eigenvalue weighted by molar-refractivity contribution is 5.97. The number of hydrogen-bond donors (Lipinski definition) is 3. The first-order valence-corrected chi connectivity index (χ1v) is 7.09. The molecule has 0 aliphatic carbocycles. The first-order valence-electron chi connectivity index (χ1n) is 7.09. The number of benzene rings is 2. The molecular weight excluding hydrogens is 299 g/mol. The van der Waals surface area contributed by atoms with Gasteiger partial charge in [-0.15, -0.1) is 0 Å². The highest BCUT2D eigenvalue weighted by Gasteiger charge is 2.10. The zero-order chi connectivity index (χ0) is 16.8. The van der Waals surface area contributed by atoms with Crippen LogP contribution in [-0.4, -0.2) is 30.0 Å². The smallest absolute Gasteiger partial charge is 0.255 e. The van der Waals surface area contributed by atoms with Crippen molar-refractivity contribution in [2.75, 3.05) is 13.1 Å². The second kappa shape index (κ2) is 7.40. The molecule has 23 heavy (non-hydrogen) atoms. The molecule has 2 aromatic rings. The molecule has 0 unspecified atom stereocenters. The van der Waals surface area contributed by atoms with E-state index in [0.717, 1.165) is 0 Å². The fraction of sp³-hybridized carbons (Fsp3) is 0.176. The molecule has 0 fully saturated rings. The molecule has 0 aliphatic heterocycles. The number of hydrogen-bond acceptors (Lipinski definition) is 3. The minimum Gasteiger partial charge on any atom is -0.507 e. The second-order valence-corrected chi connectivity index (χ2v) is 4.99. The SMILES string of the molecule is Cc1ccc(C(=O)NCCNC(=O)c2ccccc2O)cc1F. The van der Waals surface area contributed by atoms with Crippen molar-refractivity contribution in [2.45, 2.75) is 6.92 Å². The van der Waals surface area contributed by atoms with Gasteiger partial charge in [0.15, 0.2) is 0 Å². The second-order valence-electron chi connectivity index (χ2n) is 4.99. The quantitative estimate of drug-likeness (QED) is 0.738. The van der Waals surface area contributed by atoms with Crippen LogP contribution in [0.25, 0.3) is 0 Å². The number of rotatable bonds is 5. The Morgan fingerprint density at radius 2 is 1.70 bits per heavy atom. The molecule has 2 amide bonds. The number of phenolic OH excluding ortho intramolecular Hbond substituents is 1. The van der Waals surface area contributed by atoms with Gasteiger partial charge in [0.2, 0.25) is 0 Å². The topological polar surface area (TPSA) is 78.4 Å². The van der Waals surface area contributed by atoms with Crippen LogP contribution in [0, 0.1) is 12.7 Å². The lowest BCUT2D eigenvalue weighted by molar-refractivity contribution is 0.0926. The summed E-state index contributed by atoms with van der Waals surface area (Å²) >= 11 is 0. The van der Waals surface area contributed by atoms with Gasteiger partial charge in [0.25, 0.3) is 11.8 Å². The van der Waals surface area contributed by atoms with Crippen LogP contribution in [0.2, 0.25) is 0 Å². The van der Waals surface area contributed by atoms with Crippen LogP contribution in [0.15, 0.2) is 42.5 Å². The third kappa shape index (κ3) is 4.29. The maximum atomic E-state index is 13.4. The van der Waals surface area contributed by atoms with E-state index in [1.807, 2.05) is 0 Å². The zero-order valence-corrected chi connectivity index (χ0v) is 12.6. The van der Waals surface area contributed by atoms with Crippen molar-refractivity contribution in [3.05, 3.63) is 65.0 Å². The highest BCUT2D eigenvalue weighted by atomic mass is 19.1. The fourth-order valence-corrected chi connectivity index (χ4v) is 1.95. The van der Waals surface area contributed by atoms with Gasteiger partial charge in [0, 0.05) is 18.7 Å². The first-order chi connectivity index (χ1) is 11.0. The Bertz CT molecular complexity index is 732. The molecule has 3 N–H and O–H groups in total. The van der Waals surface area contributed by atoms with Gasteiger partial charge in [-0.25, -0.2) is 4.39 Å². The van der Waals surface area contributed by atoms with Crippen molar-refractivity contribution in [3.8, 4) is 5.75 Å². The van der Waals surface area contributed by atoms with Crippen molar-refractivity contribution in [2.24, 2.45) is 0 Å². The van der Waals surface area contributed by atoms with E-state index in [1.165, 1.54) is 30.3 Å². The molecule has 0 aromatic heterocycles. The molecule has 2 aromatic carbocycles. The van der Waals surface area contributed by atoms with Crippen molar-refractivity contribution in [1.29, 1.82) is 0 Å². The fourth-order valence-electron chi connectivity index (χ4n) is 1.95. The van der Waals surface area contributed by atoms with Gasteiger partial charge in [-0.3, -0.25) is 9.59 Å². The molecule has 0 saturated heterocycles. The number of carbonyl (C=O) groups is 2. The summed E-state index contributed by atoms with van der Waals surface area (Å²) in [6.07, 6.45) is 0. The Labute approximate surface area is 133 Å². The normalized spacial score (nSPS) is 10.2. The summed E-state index contributed by atoms with van der Waals surface area (Å²) in [6, 6.07) is 10.4. The van der Waals surface area contributed by atoms with E-state index in [1.54, 1.807) is 19.1 Å². The number of carbonyl (C=O) groups excluding carboxylic acids is 2. The Kier molecular flexibility index (Phi) is 5.30. The third-order valence-corrected chi connectivity index (χ3v) is 3.28. The largest absolute Gasteiger partial charge is 0.507 e. The van der Waals surface area contributed by atoms with Crippen LogP contribution in [0.3, 0.4) is 0 Å². The van der Waals surface area contributed by atoms with E-state index >= 15 is 0 Å². The molecule has 6 heteroatoms. The standard InChI is InChI=1S/C17H17FN2O3/c1-11-6-7-12(10-14(11)18)16(22)19-8-9-20-17(23)13-4-2-3-5-15(13)21/h2-7,10,21H,8-9H2,1H3,(H,19,22)(H,20,23). The average Bonchev–Trinajstić information content (AvgIpc) is 2.54. The number of nitrogens with one attached hydrogen (secondary N) is 2. The van der Waals surface area contributed by atoms with Crippen LogP contribution in [0.1, 0.15) is 26.3 Å². The minimum absolute atomic E-state index is 0.107. The molecule has 2 rings (SSSR count). The van der Waals surface area contributed by atoms with E-state index in [4.69, 9.17) is 0 Å². The number of aromatic hydroxyl groups is 1. The Morgan fingerprint density at radius 1 is 1.04 bits per heavy atom. The van der Waals surface area contributed by atoms with E-state index < -0.39 is 17.6 Å². The molecule has 120 valence electrons. The number of para-hydroxylation sites is 1. The van der Waals surface area contributed by atoms with Crippen molar-refractivity contribution < 1.29 is 19.1 Å². The third-order valence-electron chi connectivity index (χ3n) is 3.28. The van der Waals surface area contributed by atoms with Crippen LogP contribution in [0.5, 0.6) is 5.75 Å². The van der Waals surface area contributed by atoms with Gasteiger partial charge >= 0.3 is 0 Å². The lowest BCUT2D eigenvalue weighted by Gasteiger charge is -2.08. The monoisotopic (exact) mass is 316 g/mol.